The van der Waals surface area contributed by atoms with Crippen molar-refractivity contribution in [1.82, 2.24) is 9.55 Å². The van der Waals surface area contributed by atoms with Gasteiger partial charge in [0.2, 0.25) is 0 Å². The number of halogens is 2. The molecule has 2 aromatic carbocycles. The molecule has 0 spiro atoms. The maximum atomic E-state index is 9.88. The molecule has 0 unspecified atom stereocenters. The Morgan fingerprint density at radius 1 is 1.10 bits per heavy atom. The van der Waals surface area contributed by atoms with E-state index < -0.39 is 0 Å². The second kappa shape index (κ2) is 5.80. The minimum atomic E-state index is 0.263. The van der Waals surface area contributed by atoms with E-state index in [4.69, 9.17) is 23.2 Å². The van der Waals surface area contributed by atoms with Crippen LogP contribution in [0.15, 0.2) is 54.9 Å². The average molecular weight is 319 g/mol. The van der Waals surface area contributed by atoms with Gasteiger partial charge in [-0.15, -0.1) is 0 Å². The summed E-state index contributed by atoms with van der Waals surface area (Å²) in [6, 6.07) is 12.5. The molecular weight excluding hydrogens is 307 g/mol. The summed E-state index contributed by atoms with van der Waals surface area (Å²) in [5.41, 5.74) is 1.63. The van der Waals surface area contributed by atoms with E-state index in [1.165, 1.54) is 0 Å². The monoisotopic (exact) mass is 318 g/mol. The van der Waals surface area contributed by atoms with E-state index in [1.54, 1.807) is 30.5 Å². The Morgan fingerprint density at radius 2 is 1.90 bits per heavy atom. The van der Waals surface area contributed by atoms with Gasteiger partial charge in [0.05, 0.1) is 11.6 Å². The molecule has 1 N–H and O–H groups in total. The number of phenolic OH excluding ortho intramolecular Hbond substituents is 1. The molecule has 0 radical (unpaired) electrons. The molecule has 3 aromatic rings. The van der Waals surface area contributed by atoms with Gasteiger partial charge in [-0.1, -0.05) is 41.4 Å². The average Bonchev–Trinajstić information content (AvgIpc) is 2.89. The summed E-state index contributed by atoms with van der Waals surface area (Å²) in [6.45, 7) is 0.515. The zero-order valence-corrected chi connectivity index (χ0v) is 12.5. The quantitative estimate of drug-likeness (QED) is 0.765. The molecule has 0 atom stereocenters. The van der Waals surface area contributed by atoms with Crippen LogP contribution in [0.4, 0.5) is 0 Å². The Balaban J connectivity index is 2.00. The maximum Gasteiger partial charge on any atom is 0.141 e. The van der Waals surface area contributed by atoms with Crippen LogP contribution in [0.25, 0.3) is 11.4 Å². The number of phenols is 1. The predicted octanol–water partition coefficient (Wildman–Crippen LogP) is 4.61. The first-order chi connectivity index (χ1) is 10.1. The first kappa shape index (κ1) is 14.0. The number of benzene rings is 2. The lowest BCUT2D eigenvalue weighted by molar-refractivity contribution is 0.466. The maximum absolute atomic E-state index is 9.88. The third kappa shape index (κ3) is 2.89. The fourth-order valence-corrected chi connectivity index (χ4v) is 2.67. The van der Waals surface area contributed by atoms with Gasteiger partial charge in [0.25, 0.3) is 0 Å². The Kier molecular flexibility index (Phi) is 3.86. The summed E-state index contributed by atoms with van der Waals surface area (Å²) in [5.74, 6) is 0.999. The van der Waals surface area contributed by atoms with Crippen molar-refractivity contribution in [1.29, 1.82) is 0 Å². The Labute approximate surface area is 132 Å². The zero-order chi connectivity index (χ0) is 14.8. The smallest absolute Gasteiger partial charge is 0.141 e. The van der Waals surface area contributed by atoms with E-state index in [-0.39, 0.29) is 5.75 Å². The topological polar surface area (TPSA) is 38.0 Å². The molecule has 0 aliphatic rings. The molecule has 5 heteroatoms. The largest absolute Gasteiger partial charge is 0.508 e. The van der Waals surface area contributed by atoms with Crippen LogP contribution >= 0.6 is 23.2 Å². The second-order valence-electron chi connectivity index (χ2n) is 4.63. The molecule has 1 heterocycles. The molecule has 0 saturated carbocycles. The predicted molar refractivity (Wildman–Crippen MR) is 84.9 cm³/mol. The van der Waals surface area contributed by atoms with E-state index in [0.29, 0.717) is 16.6 Å². The molecule has 0 amide bonds. The van der Waals surface area contributed by atoms with Gasteiger partial charge in [-0.05, 0) is 24.3 Å². The number of rotatable bonds is 3. The van der Waals surface area contributed by atoms with Gasteiger partial charge < -0.3 is 9.67 Å². The molecular formula is C16H12Cl2N2O. The van der Waals surface area contributed by atoms with Crippen LogP contribution in [0.3, 0.4) is 0 Å². The van der Waals surface area contributed by atoms with Crippen LogP contribution in [0, 0.1) is 0 Å². The van der Waals surface area contributed by atoms with E-state index in [2.05, 4.69) is 4.98 Å². The molecule has 21 heavy (non-hydrogen) atoms. The lowest BCUT2D eigenvalue weighted by atomic mass is 10.2. The highest BCUT2D eigenvalue weighted by Gasteiger charge is 2.11. The molecule has 0 bridgehead atoms. The molecule has 3 rings (SSSR count). The summed E-state index contributed by atoms with van der Waals surface area (Å²) in [7, 11) is 0. The van der Waals surface area contributed by atoms with Crippen molar-refractivity contribution in [2.75, 3.05) is 0 Å². The summed E-state index contributed by atoms with van der Waals surface area (Å²) < 4.78 is 1.93. The van der Waals surface area contributed by atoms with E-state index >= 15 is 0 Å². The highest BCUT2D eigenvalue weighted by atomic mass is 35.5. The lowest BCUT2D eigenvalue weighted by Crippen LogP contribution is -2.01. The van der Waals surface area contributed by atoms with Gasteiger partial charge in [-0.3, -0.25) is 0 Å². The number of hydrogen-bond donors (Lipinski definition) is 1. The molecule has 1 aromatic heterocycles. The normalized spacial score (nSPS) is 10.8. The SMILES string of the molecule is Oc1ccccc1Cn1ccnc1-c1ccc(Cl)cc1Cl. The Hall–Kier alpha value is -1.97. The number of para-hydroxylation sites is 1. The summed E-state index contributed by atoms with van der Waals surface area (Å²) in [6.07, 6.45) is 3.56. The number of hydrogen-bond acceptors (Lipinski definition) is 2. The molecule has 106 valence electrons. The minimum absolute atomic E-state index is 0.263. The van der Waals surface area contributed by atoms with Gasteiger partial charge in [-0.2, -0.15) is 0 Å². The van der Waals surface area contributed by atoms with E-state index in [1.807, 2.05) is 29.0 Å². The number of imidazole rings is 1. The van der Waals surface area contributed by atoms with Crippen LogP contribution in [0.5, 0.6) is 5.75 Å². The van der Waals surface area contributed by atoms with Crippen molar-refractivity contribution in [2.24, 2.45) is 0 Å². The first-order valence-corrected chi connectivity index (χ1v) is 7.14. The fraction of sp³-hybridized carbons (Fsp3) is 0.0625. The van der Waals surface area contributed by atoms with Crippen LogP contribution in [0.2, 0.25) is 10.0 Å². The van der Waals surface area contributed by atoms with E-state index in [0.717, 1.165) is 17.0 Å². The minimum Gasteiger partial charge on any atom is -0.508 e. The van der Waals surface area contributed by atoms with Crippen molar-refractivity contribution in [3.05, 3.63) is 70.5 Å². The molecule has 0 aliphatic carbocycles. The number of aromatic nitrogens is 2. The van der Waals surface area contributed by atoms with E-state index in [9.17, 15) is 5.11 Å². The standard InChI is InChI=1S/C16H12Cl2N2O/c17-12-5-6-13(14(18)9-12)16-19-7-8-20(16)10-11-3-1-2-4-15(11)21/h1-9,21H,10H2. The molecule has 0 fully saturated rings. The van der Waals surface area contributed by atoms with Gasteiger partial charge >= 0.3 is 0 Å². The van der Waals surface area contributed by atoms with Crippen LogP contribution < -0.4 is 0 Å². The summed E-state index contributed by atoms with van der Waals surface area (Å²) in [5, 5.41) is 11.0. The fourth-order valence-electron chi connectivity index (χ4n) is 2.18. The van der Waals surface area contributed by atoms with Gasteiger partial charge in [0.1, 0.15) is 11.6 Å². The van der Waals surface area contributed by atoms with Crippen molar-refractivity contribution in [3.63, 3.8) is 0 Å². The lowest BCUT2D eigenvalue weighted by Gasteiger charge is -2.10. The highest BCUT2D eigenvalue weighted by Crippen LogP contribution is 2.30. The molecule has 0 saturated heterocycles. The summed E-state index contributed by atoms with van der Waals surface area (Å²) >= 11 is 12.2. The summed E-state index contributed by atoms with van der Waals surface area (Å²) in [4.78, 5) is 4.36. The van der Waals surface area contributed by atoms with Gasteiger partial charge in [0, 0.05) is 28.5 Å². The number of aromatic hydroxyl groups is 1. The van der Waals surface area contributed by atoms with Crippen molar-refractivity contribution in [2.45, 2.75) is 6.54 Å². The number of nitrogens with zero attached hydrogens (tertiary/aromatic N) is 2. The highest BCUT2D eigenvalue weighted by molar-refractivity contribution is 6.36. The third-order valence-corrected chi connectivity index (χ3v) is 3.77. The van der Waals surface area contributed by atoms with Gasteiger partial charge in [0.15, 0.2) is 0 Å². The first-order valence-electron chi connectivity index (χ1n) is 6.38. The Morgan fingerprint density at radius 3 is 2.67 bits per heavy atom. The van der Waals surface area contributed by atoms with Crippen LogP contribution in [-0.4, -0.2) is 14.7 Å². The van der Waals surface area contributed by atoms with Crippen LogP contribution in [-0.2, 0) is 6.54 Å². The van der Waals surface area contributed by atoms with Crippen molar-refractivity contribution >= 4 is 23.2 Å². The van der Waals surface area contributed by atoms with Crippen molar-refractivity contribution < 1.29 is 5.11 Å². The zero-order valence-electron chi connectivity index (χ0n) is 11.0. The third-order valence-electron chi connectivity index (χ3n) is 3.22. The molecule has 3 nitrogen and oxygen atoms in total. The van der Waals surface area contributed by atoms with Gasteiger partial charge in [-0.25, -0.2) is 4.98 Å². The van der Waals surface area contributed by atoms with Crippen LogP contribution in [0.1, 0.15) is 5.56 Å². The molecule has 0 aliphatic heterocycles. The van der Waals surface area contributed by atoms with Crippen molar-refractivity contribution in [3.8, 4) is 17.1 Å². The second-order valence-corrected chi connectivity index (χ2v) is 5.48. The Bertz CT molecular complexity index is 783.